The molecule has 3 rings (SSSR count). The largest absolute Gasteiger partial charge is 0.381 e. The highest BCUT2D eigenvalue weighted by Gasteiger charge is 2.37. The molecule has 2 aliphatic rings. The number of rotatable bonds is 5. The molecule has 1 N–H and O–H groups in total. The van der Waals surface area contributed by atoms with Crippen molar-refractivity contribution in [2.24, 2.45) is 5.92 Å². The van der Waals surface area contributed by atoms with Crippen LogP contribution in [0.1, 0.15) is 50.5 Å². The summed E-state index contributed by atoms with van der Waals surface area (Å²) in [4.78, 5) is 12.3. The first kappa shape index (κ1) is 16.4. The fourth-order valence-corrected chi connectivity index (χ4v) is 4.05. The summed E-state index contributed by atoms with van der Waals surface area (Å²) < 4.78 is 19.7. The molecular weight excluding hydrogens is 293 g/mol. The molecule has 0 aromatic heterocycles. The van der Waals surface area contributed by atoms with Crippen molar-refractivity contribution < 1.29 is 13.9 Å². The SMILES string of the molecule is O=C(CC1CCCOC1)NCC1(c2ccccc2F)CCCC1. The molecular formula is C19H26FNO2. The second-order valence-electron chi connectivity index (χ2n) is 7.03. The maximum absolute atomic E-state index is 14.3. The maximum atomic E-state index is 14.3. The number of halogens is 1. The molecule has 1 aromatic rings. The number of hydrogen-bond acceptors (Lipinski definition) is 2. The fourth-order valence-electron chi connectivity index (χ4n) is 4.05. The van der Waals surface area contributed by atoms with Crippen molar-refractivity contribution in [3.8, 4) is 0 Å². The van der Waals surface area contributed by atoms with Gasteiger partial charge in [-0.05, 0) is 43.2 Å². The number of amides is 1. The van der Waals surface area contributed by atoms with Gasteiger partial charge in [0.25, 0.3) is 0 Å². The minimum atomic E-state index is -0.232. The summed E-state index contributed by atoms with van der Waals surface area (Å²) in [6, 6.07) is 7.02. The standard InChI is InChI=1S/C19H26FNO2/c20-17-8-2-1-7-16(17)19(9-3-4-10-19)14-21-18(22)12-15-6-5-11-23-13-15/h1-2,7-8,15H,3-6,9-14H2,(H,21,22). The Bertz CT molecular complexity index is 534. The summed E-state index contributed by atoms with van der Waals surface area (Å²) >= 11 is 0. The normalized spacial score (nSPS) is 23.6. The molecule has 1 saturated heterocycles. The smallest absolute Gasteiger partial charge is 0.220 e. The van der Waals surface area contributed by atoms with Crippen LogP contribution < -0.4 is 5.32 Å². The number of nitrogens with one attached hydrogen (secondary N) is 1. The highest BCUT2D eigenvalue weighted by molar-refractivity contribution is 5.76. The third-order valence-corrected chi connectivity index (χ3v) is 5.36. The summed E-state index contributed by atoms with van der Waals surface area (Å²) in [7, 11) is 0. The molecule has 1 amide bonds. The van der Waals surface area contributed by atoms with Gasteiger partial charge in [-0.3, -0.25) is 4.79 Å². The Morgan fingerprint density at radius 1 is 1.26 bits per heavy atom. The van der Waals surface area contributed by atoms with E-state index in [9.17, 15) is 9.18 Å². The second-order valence-corrected chi connectivity index (χ2v) is 7.03. The molecule has 1 saturated carbocycles. The lowest BCUT2D eigenvalue weighted by molar-refractivity contribution is -0.123. The van der Waals surface area contributed by atoms with Gasteiger partial charge >= 0.3 is 0 Å². The van der Waals surface area contributed by atoms with E-state index in [0.717, 1.165) is 50.7 Å². The fraction of sp³-hybridized carbons (Fsp3) is 0.632. The van der Waals surface area contributed by atoms with E-state index >= 15 is 0 Å². The number of carbonyl (C=O) groups excluding carboxylic acids is 1. The van der Waals surface area contributed by atoms with Gasteiger partial charge in [0.05, 0.1) is 0 Å². The average Bonchev–Trinajstić information content (AvgIpc) is 3.04. The second kappa shape index (κ2) is 7.43. The van der Waals surface area contributed by atoms with Gasteiger partial charge in [-0.2, -0.15) is 0 Å². The molecule has 0 spiro atoms. The van der Waals surface area contributed by atoms with Crippen molar-refractivity contribution in [2.75, 3.05) is 19.8 Å². The molecule has 1 aliphatic heterocycles. The van der Waals surface area contributed by atoms with E-state index in [1.54, 1.807) is 6.07 Å². The molecule has 23 heavy (non-hydrogen) atoms. The third kappa shape index (κ3) is 3.92. The molecule has 0 radical (unpaired) electrons. The Labute approximate surface area is 137 Å². The molecule has 1 atom stereocenters. The Kier molecular flexibility index (Phi) is 5.31. The summed E-state index contributed by atoms with van der Waals surface area (Å²) in [5.41, 5.74) is 0.531. The zero-order valence-corrected chi connectivity index (χ0v) is 13.7. The van der Waals surface area contributed by atoms with Gasteiger partial charge in [0.15, 0.2) is 0 Å². The highest BCUT2D eigenvalue weighted by atomic mass is 19.1. The Morgan fingerprint density at radius 3 is 2.74 bits per heavy atom. The number of hydrogen-bond donors (Lipinski definition) is 1. The van der Waals surface area contributed by atoms with E-state index in [2.05, 4.69) is 5.32 Å². The van der Waals surface area contributed by atoms with Crippen LogP contribution in [0.15, 0.2) is 24.3 Å². The van der Waals surface area contributed by atoms with Crippen LogP contribution in [0.2, 0.25) is 0 Å². The van der Waals surface area contributed by atoms with Crippen LogP contribution in [0.3, 0.4) is 0 Å². The van der Waals surface area contributed by atoms with Crippen molar-refractivity contribution in [2.45, 2.75) is 50.4 Å². The number of carbonyl (C=O) groups is 1. The van der Waals surface area contributed by atoms with Crippen LogP contribution >= 0.6 is 0 Å². The van der Waals surface area contributed by atoms with E-state index in [-0.39, 0.29) is 17.1 Å². The molecule has 126 valence electrons. The lowest BCUT2D eigenvalue weighted by Crippen LogP contribution is -2.40. The summed E-state index contributed by atoms with van der Waals surface area (Å²) in [5.74, 6) is 0.254. The van der Waals surface area contributed by atoms with Crippen LogP contribution in [-0.2, 0) is 14.9 Å². The van der Waals surface area contributed by atoms with Gasteiger partial charge in [0, 0.05) is 31.6 Å². The first-order chi connectivity index (χ1) is 11.2. The molecule has 3 nitrogen and oxygen atoms in total. The maximum Gasteiger partial charge on any atom is 0.220 e. The third-order valence-electron chi connectivity index (χ3n) is 5.36. The van der Waals surface area contributed by atoms with Gasteiger partial charge < -0.3 is 10.1 Å². The molecule has 1 aliphatic carbocycles. The first-order valence-electron chi connectivity index (χ1n) is 8.79. The lowest BCUT2D eigenvalue weighted by Gasteiger charge is -2.31. The van der Waals surface area contributed by atoms with Gasteiger partial charge in [-0.15, -0.1) is 0 Å². The molecule has 1 heterocycles. The van der Waals surface area contributed by atoms with Crippen LogP contribution in [0.5, 0.6) is 0 Å². The Morgan fingerprint density at radius 2 is 2.04 bits per heavy atom. The lowest BCUT2D eigenvalue weighted by atomic mass is 9.78. The van der Waals surface area contributed by atoms with Crippen molar-refractivity contribution in [3.63, 3.8) is 0 Å². The molecule has 0 bridgehead atoms. The average molecular weight is 319 g/mol. The van der Waals surface area contributed by atoms with Crippen molar-refractivity contribution in [3.05, 3.63) is 35.6 Å². The zero-order chi connectivity index (χ0) is 16.1. The Hall–Kier alpha value is -1.42. The van der Waals surface area contributed by atoms with E-state index in [1.165, 1.54) is 6.07 Å². The van der Waals surface area contributed by atoms with Gasteiger partial charge in [-0.1, -0.05) is 31.0 Å². The van der Waals surface area contributed by atoms with Crippen molar-refractivity contribution >= 4 is 5.91 Å². The summed E-state index contributed by atoms with van der Waals surface area (Å²) in [5, 5.41) is 3.08. The minimum absolute atomic E-state index is 0.0723. The number of ether oxygens (including phenoxy) is 1. The van der Waals surface area contributed by atoms with Crippen LogP contribution in [0.25, 0.3) is 0 Å². The number of benzene rings is 1. The van der Waals surface area contributed by atoms with Gasteiger partial charge in [0.2, 0.25) is 5.91 Å². The molecule has 1 unspecified atom stereocenters. The molecule has 2 fully saturated rings. The summed E-state index contributed by atoms with van der Waals surface area (Å²) in [6.45, 7) is 2.04. The van der Waals surface area contributed by atoms with Crippen LogP contribution in [-0.4, -0.2) is 25.7 Å². The van der Waals surface area contributed by atoms with Crippen molar-refractivity contribution in [1.82, 2.24) is 5.32 Å². The highest BCUT2D eigenvalue weighted by Crippen LogP contribution is 2.41. The first-order valence-corrected chi connectivity index (χ1v) is 8.79. The quantitative estimate of drug-likeness (QED) is 0.901. The van der Waals surface area contributed by atoms with E-state index in [1.807, 2.05) is 12.1 Å². The monoisotopic (exact) mass is 319 g/mol. The predicted molar refractivity (Wildman–Crippen MR) is 87.7 cm³/mol. The van der Waals surface area contributed by atoms with E-state index in [4.69, 9.17) is 4.74 Å². The predicted octanol–water partition coefficient (Wildman–Crippen LogP) is 3.57. The van der Waals surface area contributed by atoms with Crippen LogP contribution in [0.4, 0.5) is 4.39 Å². The van der Waals surface area contributed by atoms with E-state index in [0.29, 0.717) is 25.5 Å². The van der Waals surface area contributed by atoms with E-state index < -0.39 is 0 Å². The Balaban J connectivity index is 1.61. The molecule has 1 aromatic carbocycles. The summed E-state index contributed by atoms with van der Waals surface area (Å²) in [6.07, 6.45) is 6.71. The van der Waals surface area contributed by atoms with Gasteiger partial charge in [-0.25, -0.2) is 4.39 Å². The topological polar surface area (TPSA) is 38.3 Å². The van der Waals surface area contributed by atoms with Gasteiger partial charge in [0.1, 0.15) is 5.82 Å². The van der Waals surface area contributed by atoms with Crippen molar-refractivity contribution in [1.29, 1.82) is 0 Å². The zero-order valence-electron chi connectivity index (χ0n) is 13.7. The minimum Gasteiger partial charge on any atom is -0.381 e. The molecule has 4 heteroatoms. The van der Waals surface area contributed by atoms with Crippen LogP contribution in [0, 0.1) is 11.7 Å².